The lowest BCUT2D eigenvalue weighted by atomic mass is 10.0. The number of methoxy groups -OCH3 is 4. The molecule has 11 heteroatoms. The van der Waals surface area contributed by atoms with Crippen molar-refractivity contribution in [1.82, 2.24) is 9.80 Å². The molecule has 53 heavy (non-hydrogen) atoms. The monoisotopic (exact) mass is 722 g/mol. The van der Waals surface area contributed by atoms with E-state index in [4.69, 9.17) is 23.7 Å². The third-order valence-corrected chi connectivity index (χ3v) is 10.1. The molecule has 0 aromatic heterocycles. The number of piperazine rings is 2. The summed E-state index contributed by atoms with van der Waals surface area (Å²) < 4.78 is 29.3. The molecular formula is C42H50N4O7. The quantitative estimate of drug-likeness (QED) is 0.156. The van der Waals surface area contributed by atoms with Crippen LogP contribution < -0.4 is 28.7 Å². The molecule has 2 amide bonds. The molecule has 0 bridgehead atoms. The maximum Gasteiger partial charge on any atom is 0.225 e. The van der Waals surface area contributed by atoms with Crippen molar-refractivity contribution in [1.29, 1.82) is 0 Å². The lowest BCUT2D eigenvalue weighted by molar-refractivity contribution is -0.139. The van der Waals surface area contributed by atoms with Crippen LogP contribution in [-0.4, -0.2) is 102 Å². The van der Waals surface area contributed by atoms with Crippen LogP contribution in [0.2, 0.25) is 0 Å². The molecule has 0 N–H and O–H groups in total. The van der Waals surface area contributed by atoms with Crippen LogP contribution in [-0.2, 0) is 14.3 Å². The summed E-state index contributed by atoms with van der Waals surface area (Å²) in [5.74, 6) is 2.15. The van der Waals surface area contributed by atoms with Gasteiger partial charge in [-0.2, -0.15) is 0 Å². The number of nitrogens with zero attached hydrogens (tertiary/aromatic N) is 4. The van der Waals surface area contributed by atoms with E-state index in [0.29, 0.717) is 49.2 Å². The topological polar surface area (TPSA) is 93.3 Å². The molecule has 2 saturated heterocycles. The molecule has 6 rings (SSSR count). The van der Waals surface area contributed by atoms with Crippen molar-refractivity contribution in [2.45, 2.75) is 25.0 Å². The third-order valence-electron chi connectivity index (χ3n) is 10.1. The van der Waals surface area contributed by atoms with Gasteiger partial charge in [-0.15, -0.1) is 0 Å². The van der Waals surface area contributed by atoms with E-state index in [-0.39, 0.29) is 24.7 Å². The van der Waals surface area contributed by atoms with Gasteiger partial charge in [-0.25, -0.2) is 0 Å². The highest BCUT2D eigenvalue weighted by Gasteiger charge is 2.31. The average molecular weight is 723 g/mol. The summed E-state index contributed by atoms with van der Waals surface area (Å²) in [5.41, 5.74) is 3.78. The second-order valence-electron chi connectivity index (χ2n) is 13.2. The fourth-order valence-corrected chi connectivity index (χ4v) is 7.07. The average Bonchev–Trinajstić information content (AvgIpc) is 3.23. The van der Waals surface area contributed by atoms with Gasteiger partial charge in [0.1, 0.15) is 0 Å². The van der Waals surface area contributed by atoms with Gasteiger partial charge in [0.15, 0.2) is 23.0 Å². The Kier molecular flexibility index (Phi) is 12.6. The molecule has 280 valence electrons. The Morgan fingerprint density at radius 1 is 0.491 bits per heavy atom. The molecule has 4 aromatic rings. The molecule has 0 aliphatic carbocycles. The second-order valence-corrected chi connectivity index (χ2v) is 13.2. The molecule has 2 aliphatic rings. The first-order chi connectivity index (χ1) is 25.9. The van der Waals surface area contributed by atoms with Crippen molar-refractivity contribution in [3.8, 4) is 23.0 Å². The molecule has 0 spiro atoms. The summed E-state index contributed by atoms with van der Waals surface area (Å²) in [6, 6.07) is 31.6. The first kappa shape index (κ1) is 37.3. The number of hydrogen-bond acceptors (Lipinski definition) is 9. The largest absolute Gasteiger partial charge is 0.493 e. The van der Waals surface area contributed by atoms with Crippen LogP contribution >= 0.6 is 0 Å². The Morgan fingerprint density at radius 3 is 1.19 bits per heavy atom. The number of carbonyl (C=O) groups excluding carboxylic acids is 2. The molecule has 2 heterocycles. The van der Waals surface area contributed by atoms with Crippen LogP contribution in [0.4, 0.5) is 11.4 Å². The fraction of sp³-hybridized carbons (Fsp3) is 0.381. The second kappa shape index (κ2) is 17.9. The SMILES string of the molecule is COc1ccc(C(CC(=O)N2CCN(c3ccccc3)CC2)OC(CC(=O)N2CCN(c3ccccc3)CC2)c2ccc(OC)c(OC)c2)cc1OC. The van der Waals surface area contributed by atoms with Crippen molar-refractivity contribution in [3.63, 3.8) is 0 Å². The van der Waals surface area contributed by atoms with Gasteiger partial charge in [0.2, 0.25) is 11.8 Å². The predicted molar refractivity (Wildman–Crippen MR) is 205 cm³/mol. The Labute approximate surface area is 312 Å². The summed E-state index contributed by atoms with van der Waals surface area (Å²) in [5, 5.41) is 0. The molecule has 11 nitrogen and oxygen atoms in total. The summed E-state index contributed by atoms with van der Waals surface area (Å²) in [6.45, 7) is 5.32. The molecule has 2 unspecified atom stereocenters. The van der Waals surface area contributed by atoms with E-state index < -0.39 is 12.2 Å². The minimum absolute atomic E-state index is 0.0214. The number of benzene rings is 4. The smallest absolute Gasteiger partial charge is 0.225 e. The first-order valence-electron chi connectivity index (χ1n) is 18.2. The lowest BCUT2D eigenvalue weighted by Crippen LogP contribution is -2.49. The molecule has 0 radical (unpaired) electrons. The Morgan fingerprint density at radius 2 is 0.849 bits per heavy atom. The van der Waals surface area contributed by atoms with Gasteiger partial charge in [-0.3, -0.25) is 9.59 Å². The highest BCUT2D eigenvalue weighted by atomic mass is 16.5. The van der Waals surface area contributed by atoms with Crippen LogP contribution in [0.1, 0.15) is 36.2 Å². The number of amides is 2. The maximum absolute atomic E-state index is 14.1. The zero-order valence-corrected chi connectivity index (χ0v) is 31.1. The Hall–Kier alpha value is -5.42. The number of rotatable bonds is 14. The van der Waals surface area contributed by atoms with Gasteiger partial charge in [0.25, 0.3) is 0 Å². The molecular weight excluding hydrogens is 672 g/mol. The van der Waals surface area contributed by atoms with Crippen LogP contribution in [0.5, 0.6) is 23.0 Å². The first-order valence-corrected chi connectivity index (χ1v) is 18.2. The standard InChI is InChI=1S/C42H50N4O7/c1-49-35-17-15-31(27-39(35)51-3)37(29-41(47)45-23-19-43(20-24-45)33-11-7-5-8-12-33)53-38(32-16-18-36(50-2)40(28-32)52-4)30-42(48)46-25-21-44(22-26-46)34-13-9-6-10-14-34/h5-18,27-28,37-38H,19-26,29-30H2,1-4H3. The molecule has 0 saturated carbocycles. The lowest BCUT2D eigenvalue weighted by Gasteiger charge is -2.37. The summed E-state index contributed by atoms with van der Waals surface area (Å²) >= 11 is 0. The molecule has 4 aromatic carbocycles. The van der Waals surface area contributed by atoms with E-state index in [1.54, 1.807) is 28.4 Å². The maximum atomic E-state index is 14.1. The molecule has 2 atom stereocenters. The van der Waals surface area contributed by atoms with Crippen molar-refractivity contribution in [3.05, 3.63) is 108 Å². The third kappa shape index (κ3) is 9.15. The van der Waals surface area contributed by atoms with Crippen LogP contribution in [0.3, 0.4) is 0 Å². The van der Waals surface area contributed by atoms with Gasteiger partial charge in [-0.1, -0.05) is 48.5 Å². The van der Waals surface area contributed by atoms with Crippen LogP contribution in [0.15, 0.2) is 97.1 Å². The van der Waals surface area contributed by atoms with E-state index in [9.17, 15) is 9.59 Å². The molecule has 2 fully saturated rings. The Balaban J connectivity index is 1.25. The zero-order chi connectivity index (χ0) is 37.2. The van der Waals surface area contributed by atoms with Crippen molar-refractivity contribution in [2.75, 3.05) is 90.6 Å². The van der Waals surface area contributed by atoms with Crippen molar-refractivity contribution >= 4 is 23.2 Å². The number of hydrogen-bond donors (Lipinski definition) is 0. The van der Waals surface area contributed by atoms with Crippen LogP contribution in [0, 0.1) is 0 Å². The number of ether oxygens (including phenoxy) is 5. The fourth-order valence-electron chi connectivity index (χ4n) is 7.07. The molecule has 2 aliphatic heterocycles. The number of anilines is 2. The normalized spacial score (nSPS) is 15.8. The summed E-state index contributed by atoms with van der Waals surface area (Å²) in [4.78, 5) is 36.6. The van der Waals surface area contributed by atoms with Gasteiger partial charge in [-0.05, 0) is 59.7 Å². The van der Waals surface area contributed by atoms with Crippen molar-refractivity contribution < 1.29 is 33.3 Å². The predicted octanol–water partition coefficient (Wildman–Crippen LogP) is 6.00. The van der Waals surface area contributed by atoms with Crippen LogP contribution in [0.25, 0.3) is 0 Å². The highest BCUT2D eigenvalue weighted by Crippen LogP contribution is 2.39. The van der Waals surface area contributed by atoms with Gasteiger partial charge < -0.3 is 43.3 Å². The van der Waals surface area contributed by atoms with E-state index in [1.807, 2.05) is 82.6 Å². The highest BCUT2D eigenvalue weighted by molar-refractivity contribution is 5.78. The van der Waals surface area contributed by atoms with Gasteiger partial charge in [0, 0.05) is 63.7 Å². The summed E-state index contributed by atoms with van der Waals surface area (Å²) in [6.07, 6.45) is -1.24. The van der Waals surface area contributed by atoms with Crippen molar-refractivity contribution in [2.24, 2.45) is 0 Å². The van der Waals surface area contributed by atoms with Gasteiger partial charge in [0.05, 0.1) is 53.5 Å². The van der Waals surface area contributed by atoms with E-state index >= 15 is 0 Å². The zero-order valence-electron chi connectivity index (χ0n) is 31.1. The number of carbonyl (C=O) groups is 2. The number of para-hydroxylation sites is 2. The minimum atomic E-state index is -0.699. The Bertz CT molecular complexity index is 1660. The summed E-state index contributed by atoms with van der Waals surface area (Å²) in [7, 11) is 6.33. The van der Waals surface area contributed by atoms with Gasteiger partial charge >= 0.3 is 0 Å². The van der Waals surface area contributed by atoms with E-state index in [1.165, 1.54) is 0 Å². The van der Waals surface area contributed by atoms with E-state index in [0.717, 1.165) is 48.7 Å². The minimum Gasteiger partial charge on any atom is -0.493 e. The van der Waals surface area contributed by atoms with E-state index in [2.05, 4.69) is 34.1 Å².